The highest BCUT2D eigenvalue weighted by Crippen LogP contribution is 2.33. The van der Waals surface area contributed by atoms with Gasteiger partial charge >= 0.3 is 0 Å². The Hall–Kier alpha value is -2.50. The minimum Gasteiger partial charge on any atom is -0.388 e. The van der Waals surface area contributed by atoms with Crippen molar-refractivity contribution < 1.29 is 22.3 Å². The lowest BCUT2D eigenvalue weighted by Gasteiger charge is -2.14. The summed E-state index contributed by atoms with van der Waals surface area (Å²) < 4.78 is 55.2. The number of sulfonamides is 1. The van der Waals surface area contributed by atoms with E-state index in [1.54, 1.807) is 4.90 Å². The van der Waals surface area contributed by atoms with Gasteiger partial charge in [-0.15, -0.1) is 11.3 Å². The zero-order valence-electron chi connectivity index (χ0n) is 14.2. The fourth-order valence-corrected chi connectivity index (χ4v) is 5.40. The van der Waals surface area contributed by atoms with E-state index in [1.165, 1.54) is 24.4 Å². The molecule has 1 saturated heterocycles. The Bertz CT molecular complexity index is 1200. The second kappa shape index (κ2) is 6.83. The Morgan fingerprint density at radius 3 is 2.75 bits per heavy atom. The first-order valence-corrected chi connectivity index (χ1v) is 10.6. The van der Waals surface area contributed by atoms with Gasteiger partial charge in [0.15, 0.2) is 0 Å². The summed E-state index contributed by atoms with van der Waals surface area (Å²) in [5, 5.41) is 10.5. The van der Waals surface area contributed by atoms with E-state index in [1.807, 2.05) is 0 Å². The summed E-state index contributed by atoms with van der Waals surface area (Å²) in [5.41, 5.74) is -0.815. The average molecular weight is 427 g/mol. The lowest BCUT2D eigenvalue weighted by molar-refractivity contribution is 0.118. The van der Waals surface area contributed by atoms with Crippen molar-refractivity contribution in [3.8, 4) is 0 Å². The highest BCUT2D eigenvalue weighted by atomic mass is 32.2. The highest BCUT2D eigenvalue weighted by molar-refractivity contribution is 7.94. The number of anilines is 2. The molecule has 1 aliphatic heterocycles. The maximum Gasteiger partial charge on any atom is 0.271 e. The molecule has 11 heteroatoms. The lowest BCUT2D eigenvalue weighted by Crippen LogP contribution is -2.20. The number of aromatic nitrogens is 1. The summed E-state index contributed by atoms with van der Waals surface area (Å²) in [5.74, 6) is -0.818. The third kappa shape index (κ3) is 3.36. The molecule has 3 aromatic rings. The summed E-state index contributed by atoms with van der Waals surface area (Å²) in [6.07, 6.45) is -1.14. The van der Waals surface area contributed by atoms with E-state index in [9.17, 15) is 27.1 Å². The monoisotopic (exact) mass is 427 g/mol. The van der Waals surface area contributed by atoms with Crippen molar-refractivity contribution in [1.82, 2.24) is 4.98 Å². The van der Waals surface area contributed by atoms with Crippen LogP contribution >= 0.6 is 11.3 Å². The van der Waals surface area contributed by atoms with Crippen LogP contribution in [0.2, 0.25) is 0 Å². The fourth-order valence-electron chi connectivity index (χ4n) is 3.03. The minimum atomic E-state index is -4.12. The van der Waals surface area contributed by atoms with Crippen LogP contribution in [0.4, 0.5) is 19.5 Å². The van der Waals surface area contributed by atoms with Gasteiger partial charge in [0.05, 0.1) is 17.2 Å². The molecule has 3 heterocycles. The summed E-state index contributed by atoms with van der Waals surface area (Å²) in [6, 6.07) is 6.55. The second-order valence-corrected chi connectivity index (χ2v) is 9.38. The molecule has 0 unspecified atom stereocenters. The molecule has 0 radical (unpaired) electrons. The number of rotatable bonds is 4. The van der Waals surface area contributed by atoms with Gasteiger partial charge in [0, 0.05) is 18.1 Å². The molecule has 0 amide bonds. The molecule has 1 fully saturated rings. The molecule has 2 aromatic heterocycles. The van der Waals surface area contributed by atoms with Crippen molar-refractivity contribution >= 4 is 42.8 Å². The molecule has 7 nitrogen and oxygen atoms in total. The second-order valence-electron chi connectivity index (χ2n) is 6.41. The molecule has 1 aliphatic rings. The Balaban J connectivity index is 1.63. The summed E-state index contributed by atoms with van der Waals surface area (Å²) in [7, 11) is -4.12. The van der Waals surface area contributed by atoms with E-state index in [2.05, 4.69) is 9.71 Å². The number of nitrogens with one attached hydrogen (secondary N) is 2. The van der Waals surface area contributed by atoms with E-state index in [0.29, 0.717) is 10.4 Å². The molecule has 0 saturated carbocycles. The number of H-pyrrole nitrogens is 1. The summed E-state index contributed by atoms with van der Waals surface area (Å²) in [6.45, 7) is 0.0351. The van der Waals surface area contributed by atoms with E-state index < -0.39 is 33.7 Å². The number of thiophene rings is 1. The smallest absolute Gasteiger partial charge is 0.271 e. The van der Waals surface area contributed by atoms with Crippen LogP contribution in [0.5, 0.6) is 0 Å². The number of benzene rings is 1. The zero-order valence-corrected chi connectivity index (χ0v) is 15.9. The number of fused-ring (bicyclic) bond motifs is 1. The highest BCUT2D eigenvalue weighted by Gasteiger charge is 2.32. The van der Waals surface area contributed by atoms with Gasteiger partial charge in [0.2, 0.25) is 0 Å². The first-order valence-electron chi connectivity index (χ1n) is 8.25. The summed E-state index contributed by atoms with van der Waals surface area (Å²) in [4.78, 5) is 15.9. The molecule has 2 atom stereocenters. The van der Waals surface area contributed by atoms with Crippen LogP contribution in [0.25, 0.3) is 10.8 Å². The van der Waals surface area contributed by atoms with Gasteiger partial charge in [-0.1, -0.05) is 0 Å². The van der Waals surface area contributed by atoms with Gasteiger partial charge in [0.25, 0.3) is 15.6 Å². The number of alkyl halides is 1. The minimum absolute atomic E-state index is 0.0311. The average Bonchev–Trinajstić information content (AvgIpc) is 3.24. The van der Waals surface area contributed by atoms with E-state index in [4.69, 9.17) is 0 Å². The standard InChI is InChI=1S/C17H15F2N3O4S2/c18-11-5-9-3-4-20-17(24)10(9)6-13(11)21-28(25,26)16-2-1-15(27-16)22-7-12(19)14(23)8-22/h1-6,12,14,21,23H,7-8H2,(H,20,24)/t12-,14+/m0/s1. The molecule has 28 heavy (non-hydrogen) atoms. The first kappa shape index (κ1) is 18.8. The molecule has 148 valence electrons. The van der Waals surface area contributed by atoms with E-state index in [0.717, 1.165) is 23.5 Å². The Labute approximate surface area is 162 Å². The van der Waals surface area contributed by atoms with Crippen LogP contribution in [0.15, 0.2) is 45.5 Å². The van der Waals surface area contributed by atoms with Gasteiger partial charge in [-0.05, 0) is 35.7 Å². The molecule has 4 rings (SSSR count). The number of nitrogens with zero attached hydrogens (tertiary/aromatic N) is 1. The lowest BCUT2D eigenvalue weighted by atomic mass is 10.1. The molecule has 0 bridgehead atoms. The number of aliphatic hydroxyl groups is 1. The van der Waals surface area contributed by atoms with E-state index >= 15 is 0 Å². The third-order valence-electron chi connectivity index (χ3n) is 4.47. The maximum atomic E-state index is 14.3. The van der Waals surface area contributed by atoms with Crippen LogP contribution in [0.3, 0.4) is 0 Å². The molecular weight excluding hydrogens is 412 g/mol. The van der Waals surface area contributed by atoms with Crippen molar-refractivity contribution in [3.05, 3.63) is 52.7 Å². The van der Waals surface area contributed by atoms with Crippen molar-refractivity contribution in [2.45, 2.75) is 16.5 Å². The van der Waals surface area contributed by atoms with Crippen LogP contribution in [0, 0.1) is 5.82 Å². The zero-order chi connectivity index (χ0) is 20.1. The van der Waals surface area contributed by atoms with Crippen LogP contribution in [0.1, 0.15) is 0 Å². The molecular formula is C17H15F2N3O4S2. The van der Waals surface area contributed by atoms with Gasteiger partial charge in [0.1, 0.15) is 22.3 Å². The molecule has 0 spiro atoms. The van der Waals surface area contributed by atoms with Crippen LogP contribution in [-0.2, 0) is 10.0 Å². The molecule has 3 N–H and O–H groups in total. The van der Waals surface area contributed by atoms with Crippen molar-refractivity contribution in [1.29, 1.82) is 0 Å². The molecule has 0 aliphatic carbocycles. The van der Waals surface area contributed by atoms with Crippen LogP contribution < -0.4 is 15.2 Å². The van der Waals surface area contributed by atoms with Crippen molar-refractivity contribution in [2.75, 3.05) is 22.7 Å². The van der Waals surface area contributed by atoms with Crippen molar-refractivity contribution in [2.24, 2.45) is 0 Å². The third-order valence-corrected chi connectivity index (χ3v) is 7.47. The topological polar surface area (TPSA) is 102 Å². The normalized spacial score (nSPS) is 20.0. The SMILES string of the molecule is O=c1[nH]ccc2cc(F)c(NS(=O)(=O)c3ccc(N4C[C@@H](O)[C@@H](F)C4)s3)cc12. The number of hydrogen-bond donors (Lipinski definition) is 3. The molecule has 1 aromatic carbocycles. The predicted octanol–water partition coefficient (Wildman–Crippen LogP) is 2.05. The maximum absolute atomic E-state index is 14.3. The first-order chi connectivity index (χ1) is 13.2. The van der Waals surface area contributed by atoms with E-state index in [-0.39, 0.29) is 28.4 Å². The fraction of sp³-hybridized carbons (Fsp3) is 0.235. The Kier molecular flexibility index (Phi) is 4.60. The Morgan fingerprint density at radius 1 is 1.25 bits per heavy atom. The van der Waals surface area contributed by atoms with Gasteiger partial charge < -0.3 is 15.0 Å². The number of β-amino-alcohol motifs (C(OH)–C–C–N with tert-alkyl or cyclic N) is 1. The summed E-state index contributed by atoms with van der Waals surface area (Å²) >= 11 is 0.880. The quantitative estimate of drug-likeness (QED) is 0.592. The van der Waals surface area contributed by atoms with Gasteiger partial charge in [-0.25, -0.2) is 17.2 Å². The number of aliphatic hydroxyl groups excluding tert-OH is 1. The number of aromatic amines is 1. The van der Waals surface area contributed by atoms with Crippen LogP contribution in [-0.4, -0.2) is 43.9 Å². The number of halogens is 2. The predicted molar refractivity (Wildman–Crippen MR) is 103 cm³/mol. The Morgan fingerprint density at radius 2 is 2.04 bits per heavy atom. The number of pyridine rings is 1. The van der Waals surface area contributed by atoms with Gasteiger partial charge in [-0.2, -0.15) is 0 Å². The largest absolute Gasteiger partial charge is 0.388 e. The van der Waals surface area contributed by atoms with Crippen molar-refractivity contribution in [3.63, 3.8) is 0 Å². The number of hydrogen-bond acceptors (Lipinski definition) is 6. The van der Waals surface area contributed by atoms with Gasteiger partial charge in [-0.3, -0.25) is 9.52 Å².